The fraction of sp³-hybridized carbons (Fsp3) is 0.471. The minimum atomic E-state index is -4.41. The van der Waals surface area contributed by atoms with Crippen molar-refractivity contribution in [2.45, 2.75) is 75.8 Å². The van der Waals surface area contributed by atoms with Crippen molar-refractivity contribution in [3.63, 3.8) is 0 Å². The standard InChI is InChI=1S/C20H24N6O3S.C17H22F3N5O.C13H20N6.CH3.W/c1-14-5-7-16(8-6-14)30(28,29)26-11-9-17-19(22-13-23-20(17)26)24(2)25-10-3-4-15(12-25)18(21)27;1-24(16-14-6-7-21-15(14)22-11-23-16)25-8-2-3-12(10-25)4-5-13(26)9-17(18,19)20;1-18(19-6-2-3-10(7-14)8-19)13-11-4-5-15-12(11)16-9-17-13;;/h5-9,11,13,15H,3-4,10,12H2,1-2H3,(H2,21,27);6-7,11-12H,2-5,8-10H2,1H3,(H,21,22,23);4-5,9-10H,2-3,6-8,14H2,1H3,(H,15,16,17);1H3;/q;;;-1;. The van der Waals surface area contributed by atoms with Crippen molar-refractivity contribution in [3.05, 3.63) is 93.0 Å². The number of Topliss-reactive ketones (excluding diaryl/α,β-unsaturated/α-hetero) is 1. The smallest absolute Gasteiger partial charge is 0.369 e. The number of aryl methyl sites for hydroxylation is 1. The van der Waals surface area contributed by atoms with Gasteiger partial charge < -0.3 is 28.9 Å². The first-order valence-electron chi connectivity index (χ1n) is 25.2. The second-order valence-electron chi connectivity index (χ2n) is 19.4. The van der Waals surface area contributed by atoms with Crippen LogP contribution in [-0.2, 0) is 40.7 Å². The van der Waals surface area contributed by atoms with Crippen LogP contribution in [0.5, 0.6) is 0 Å². The number of hydrogen-bond donors (Lipinski definition) is 4. The van der Waals surface area contributed by atoms with Crippen LogP contribution >= 0.6 is 0 Å². The van der Waals surface area contributed by atoms with Crippen LogP contribution in [0.3, 0.4) is 0 Å². The molecule has 3 saturated heterocycles. The summed E-state index contributed by atoms with van der Waals surface area (Å²) < 4.78 is 64.3. The molecule has 0 saturated carbocycles. The Morgan fingerprint density at radius 3 is 1.73 bits per heavy atom. The Labute approximate surface area is 461 Å². The number of benzene rings is 1. The summed E-state index contributed by atoms with van der Waals surface area (Å²) in [6, 6.07) is 12.3. The molecular weight excluding hydrogens is 1190 g/mol. The Morgan fingerprint density at radius 2 is 1.19 bits per heavy atom. The molecular formula is C51H69F3N17O4SW-. The number of nitrogens with zero attached hydrogens (tertiary/aromatic N) is 13. The van der Waals surface area contributed by atoms with Gasteiger partial charge in [-0.3, -0.25) is 24.6 Å². The molecule has 0 bridgehead atoms. The number of piperidine rings is 3. The average Bonchev–Trinajstić information content (AvgIpc) is 4.23. The number of anilines is 3. The van der Waals surface area contributed by atoms with Gasteiger partial charge in [-0.05, 0) is 101 Å². The number of hydrogen-bond acceptors (Lipinski definition) is 17. The number of nitrogens with two attached hydrogens (primary N) is 2. The minimum Gasteiger partial charge on any atom is -0.369 e. The number of aromatic amines is 2. The predicted molar refractivity (Wildman–Crippen MR) is 287 cm³/mol. The van der Waals surface area contributed by atoms with Gasteiger partial charge in [-0.25, -0.2) is 57.3 Å². The van der Waals surface area contributed by atoms with Crippen LogP contribution in [0.4, 0.5) is 30.6 Å². The van der Waals surface area contributed by atoms with Crippen LogP contribution in [0.2, 0.25) is 0 Å². The number of nitrogens with one attached hydrogen (secondary N) is 2. The number of hydrazine groups is 3. The number of alkyl halides is 3. The Hall–Kier alpha value is -6.11. The maximum Gasteiger partial charge on any atom is 0.395 e. The molecule has 1 aromatic carbocycles. The van der Waals surface area contributed by atoms with Gasteiger partial charge in [0, 0.05) is 106 Å². The monoisotopic (exact) mass is 1260 g/mol. The first-order chi connectivity index (χ1) is 35.9. The van der Waals surface area contributed by atoms with Gasteiger partial charge >= 0.3 is 6.18 Å². The largest absolute Gasteiger partial charge is 0.395 e. The number of rotatable bonds is 14. The number of primary amides is 1. The normalized spacial score (nSPS) is 18.5. The van der Waals surface area contributed by atoms with Crippen molar-refractivity contribution in [3.8, 4) is 0 Å². The Kier molecular flexibility index (Phi) is 20.7. The molecule has 0 radical (unpaired) electrons. The SMILES string of the molecule is CN(c1ncnc2[nH]ccc12)N1CCCC(CCC(=O)CC(F)(F)F)C1.CN(c1ncnc2[nH]ccc12)N1CCCC(CN)C1.Cc1ccc(S(=O)(=O)n2ccc3c(N(C)N4CCCC(C(N)=O)C4)ncnc32)cc1.[CH3-].[W]. The zero-order chi connectivity index (χ0) is 53.4. The number of fused-ring (bicyclic) bond motifs is 3. The molecule has 1 amide bonds. The molecule has 416 valence electrons. The van der Waals surface area contributed by atoms with E-state index in [4.69, 9.17) is 11.5 Å². The number of carbonyl (C=O) groups excluding carboxylic acids is 2. The number of amides is 1. The van der Waals surface area contributed by atoms with Gasteiger partial charge in [0.15, 0.2) is 23.1 Å². The zero-order valence-electron chi connectivity index (χ0n) is 44.1. The van der Waals surface area contributed by atoms with Crippen molar-refractivity contribution in [1.82, 2.24) is 58.9 Å². The average molecular weight is 1260 g/mol. The summed E-state index contributed by atoms with van der Waals surface area (Å²) in [6.07, 6.45) is 10.3. The van der Waals surface area contributed by atoms with E-state index in [0.29, 0.717) is 42.3 Å². The number of halogens is 3. The van der Waals surface area contributed by atoms with E-state index in [1.165, 1.54) is 35.7 Å². The Morgan fingerprint density at radius 1 is 0.701 bits per heavy atom. The van der Waals surface area contributed by atoms with Crippen LogP contribution in [0.1, 0.15) is 63.4 Å². The molecule has 0 spiro atoms. The van der Waals surface area contributed by atoms with E-state index in [1.54, 1.807) is 36.7 Å². The summed E-state index contributed by atoms with van der Waals surface area (Å²) in [6.45, 7) is 7.53. The van der Waals surface area contributed by atoms with Crippen molar-refractivity contribution in [2.75, 3.05) is 82.0 Å². The molecule has 3 unspecified atom stereocenters. The van der Waals surface area contributed by atoms with Gasteiger partial charge in [-0.2, -0.15) is 13.2 Å². The van der Waals surface area contributed by atoms with Crippen LogP contribution in [0, 0.1) is 32.1 Å². The summed E-state index contributed by atoms with van der Waals surface area (Å²) in [5.41, 5.74) is 14.2. The third kappa shape index (κ3) is 14.5. The number of carbonyl (C=O) groups is 2. The molecule has 10 rings (SSSR count). The summed E-state index contributed by atoms with van der Waals surface area (Å²) in [4.78, 5) is 55.3. The maximum atomic E-state index is 13.1. The fourth-order valence-electron chi connectivity index (χ4n) is 10.0. The molecule has 7 aromatic rings. The molecule has 3 aliphatic rings. The van der Waals surface area contributed by atoms with E-state index in [9.17, 15) is 31.2 Å². The second kappa shape index (κ2) is 26.5. The topological polar surface area (TPSA) is 254 Å². The minimum absolute atomic E-state index is 0. The van der Waals surface area contributed by atoms with Crippen LogP contribution in [0.25, 0.3) is 33.1 Å². The van der Waals surface area contributed by atoms with Gasteiger partial charge in [-0.15, -0.1) is 0 Å². The quantitative estimate of drug-likeness (QED) is 0.0875. The molecule has 6 aromatic heterocycles. The molecule has 3 atom stereocenters. The predicted octanol–water partition coefficient (Wildman–Crippen LogP) is 6.28. The zero-order valence-corrected chi connectivity index (χ0v) is 47.9. The van der Waals surface area contributed by atoms with E-state index < -0.39 is 28.4 Å². The van der Waals surface area contributed by atoms with E-state index in [2.05, 4.69) is 61.9 Å². The van der Waals surface area contributed by atoms with Crippen molar-refractivity contribution >= 4 is 72.3 Å². The molecule has 9 heterocycles. The number of H-pyrrole nitrogens is 2. The van der Waals surface area contributed by atoms with E-state index >= 15 is 0 Å². The summed E-state index contributed by atoms with van der Waals surface area (Å²) in [5.74, 6) is 1.83. The van der Waals surface area contributed by atoms with Gasteiger partial charge in [-0.1, -0.05) is 17.7 Å². The number of aromatic nitrogens is 9. The van der Waals surface area contributed by atoms with Crippen molar-refractivity contribution in [1.29, 1.82) is 0 Å². The molecule has 0 aliphatic carbocycles. The maximum absolute atomic E-state index is 13.1. The Bertz CT molecular complexity index is 3160. The molecule has 3 fully saturated rings. The third-order valence-corrected chi connectivity index (χ3v) is 15.9. The first-order valence-corrected chi connectivity index (χ1v) is 26.6. The van der Waals surface area contributed by atoms with Crippen LogP contribution in [-0.4, -0.2) is 152 Å². The summed E-state index contributed by atoms with van der Waals surface area (Å²) in [5, 5.41) is 15.0. The number of ketones is 1. The van der Waals surface area contributed by atoms with Gasteiger partial charge in [0.2, 0.25) is 5.91 Å². The fourth-order valence-corrected chi connectivity index (χ4v) is 11.3. The van der Waals surface area contributed by atoms with E-state index in [0.717, 1.165) is 97.7 Å². The Balaban J connectivity index is 0.000000189. The van der Waals surface area contributed by atoms with E-state index in [-0.39, 0.29) is 57.6 Å². The molecule has 6 N–H and O–H groups in total. The van der Waals surface area contributed by atoms with Crippen LogP contribution in [0.15, 0.2) is 84.9 Å². The molecule has 21 nitrogen and oxygen atoms in total. The van der Waals surface area contributed by atoms with Crippen molar-refractivity contribution < 1.29 is 52.2 Å². The summed E-state index contributed by atoms with van der Waals surface area (Å²) in [7, 11) is 2.04. The first kappa shape index (κ1) is 60.1. The van der Waals surface area contributed by atoms with Gasteiger partial charge in [0.1, 0.15) is 42.5 Å². The summed E-state index contributed by atoms with van der Waals surface area (Å²) >= 11 is 0. The molecule has 77 heavy (non-hydrogen) atoms. The van der Waals surface area contributed by atoms with E-state index in [1.807, 2.05) is 60.6 Å². The van der Waals surface area contributed by atoms with Gasteiger partial charge in [0.05, 0.1) is 27.0 Å². The molecule has 26 heteroatoms. The van der Waals surface area contributed by atoms with Crippen LogP contribution < -0.4 is 26.5 Å². The second-order valence-corrected chi connectivity index (χ2v) is 21.2. The molecule has 3 aliphatic heterocycles. The van der Waals surface area contributed by atoms with Crippen molar-refractivity contribution in [2.24, 2.45) is 29.2 Å². The van der Waals surface area contributed by atoms with Gasteiger partial charge in [0.25, 0.3) is 10.0 Å². The third-order valence-electron chi connectivity index (χ3n) is 14.2.